The van der Waals surface area contributed by atoms with Gasteiger partial charge in [0.05, 0.1) is 17.7 Å². The van der Waals surface area contributed by atoms with Crippen molar-refractivity contribution in [3.63, 3.8) is 0 Å². The molecule has 20 heavy (non-hydrogen) atoms. The number of hydrogen-bond acceptors (Lipinski definition) is 5. The smallest absolute Gasteiger partial charge is 0.341 e. The number of esters is 1. The van der Waals surface area contributed by atoms with Crippen molar-refractivity contribution < 1.29 is 14.3 Å². The minimum atomic E-state index is -0.552. The van der Waals surface area contributed by atoms with Crippen molar-refractivity contribution in [3.8, 4) is 0 Å². The molecule has 6 heteroatoms. The molecule has 5 nitrogen and oxygen atoms in total. The van der Waals surface area contributed by atoms with Crippen LogP contribution < -0.4 is 10.6 Å². The molecular weight excluding hydrogens is 276 g/mol. The van der Waals surface area contributed by atoms with Gasteiger partial charge in [-0.15, -0.1) is 11.3 Å². The van der Waals surface area contributed by atoms with Crippen LogP contribution in [0.4, 0.5) is 5.00 Å². The maximum absolute atomic E-state index is 12.4. The number of carbonyl (C=O) groups is 2. The fourth-order valence-electron chi connectivity index (χ4n) is 2.30. The lowest BCUT2D eigenvalue weighted by Crippen LogP contribution is -2.48. The first-order chi connectivity index (χ1) is 9.46. The second kappa shape index (κ2) is 5.93. The Kier molecular flexibility index (Phi) is 4.45. The minimum Gasteiger partial charge on any atom is -0.462 e. The molecule has 1 amide bonds. The third-order valence-electron chi connectivity index (χ3n) is 3.45. The maximum Gasteiger partial charge on any atom is 0.341 e. The molecule has 0 radical (unpaired) electrons. The summed E-state index contributed by atoms with van der Waals surface area (Å²) in [6, 6.07) is 1.75. The van der Waals surface area contributed by atoms with Gasteiger partial charge in [-0.1, -0.05) is 0 Å². The van der Waals surface area contributed by atoms with E-state index in [0.717, 1.165) is 24.3 Å². The second-order valence-corrected chi connectivity index (χ2v) is 6.39. The van der Waals surface area contributed by atoms with Crippen LogP contribution >= 0.6 is 11.3 Å². The molecule has 2 rings (SSSR count). The molecule has 1 fully saturated rings. The molecule has 1 aromatic heterocycles. The highest BCUT2D eigenvalue weighted by Crippen LogP contribution is 2.30. The molecule has 1 aliphatic heterocycles. The maximum atomic E-state index is 12.4. The number of hydrogen-bond donors (Lipinski definition) is 2. The molecule has 1 unspecified atom stereocenters. The summed E-state index contributed by atoms with van der Waals surface area (Å²) in [5.74, 6) is -0.487. The van der Waals surface area contributed by atoms with E-state index in [0.29, 0.717) is 17.2 Å². The van der Waals surface area contributed by atoms with E-state index in [1.165, 1.54) is 11.3 Å². The highest BCUT2D eigenvalue weighted by molar-refractivity contribution is 7.16. The highest BCUT2D eigenvalue weighted by atomic mass is 32.1. The van der Waals surface area contributed by atoms with E-state index in [2.05, 4.69) is 10.6 Å². The van der Waals surface area contributed by atoms with Crippen LogP contribution in [0.3, 0.4) is 0 Å². The summed E-state index contributed by atoms with van der Waals surface area (Å²) in [6.45, 7) is 6.72. The Labute approximate surface area is 122 Å². The molecule has 1 aliphatic rings. The summed E-state index contributed by atoms with van der Waals surface area (Å²) in [7, 11) is 0. The van der Waals surface area contributed by atoms with E-state index >= 15 is 0 Å². The molecular formula is C14H20N2O3S. The lowest BCUT2D eigenvalue weighted by atomic mass is 9.99. The zero-order chi connectivity index (χ0) is 14.8. The van der Waals surface area contributed by atoms with Crippen LogP contribution in [0.25, 0.3) is 0 Å². The van der Waals surface area contributed by atoms with Crippen LogP contribution in [-0.4, -0.2) is 30.6 Å². The standard InChI is InChI=1S/C14H20N2O3S/c1-4-19-12(17)10-8-9(2)20-11(10)16-13(18)14(3)6-5-7-15-14/h8,15H,4-7H2,1-3H3,(H,16,18). The van der Waals surface area contributed by atoms with Crippen molar-refractivity contribution in [1.29, 1.82) is 0 Å². The van der Waals surface area contributed by atoms with E-state index in [4.69, 9.17) is 4.74 Å². The van der Waals surface area contributed by atoms with E-state index < -0.39 is 11.5 Å². The molecule has 1 atom stereocenters. The molecule has 0 aliphatic carbocycles. The lowest BCUT2D eigenvalue weighted by Gasteiger charge is -2.22. The van der Waals surface area contributed by atoms with Crippen LogP contribution in [0, 0.1) is 6.92 Å². The number of anilines is 1. The van der Waals surface area contributed by atoms with Gasteiger partial charge in [0.25, 0.3) is 0 Å². The van der Waals surface area contributed by atoms with E-state index in [-0.39, 0.29) is 5.91 Å². The van der Waals surface area contributed by atoms with E-state index in [1.807, 2.05) is 13.8 Å². The van der Waals surface area contributed by atoms with Gasteiger partial charge in [0.1, 0.15) is 5.00 Å². The molecule has 0 saturated carbocycles. The normalized spacial score (nSPS) is 21.8. The van der Waals surface area contributed by atoms with Crippen LogP contribution in [0.2, 0.25) is 0 Å². The monoisotopic (exact) mass is 296 g/mol. The average molecular weight is 296 g/mol. The summed E-state index contributed by atoms with van der Waals surface area (Å²) in [4.78, 5) is 25.2. The van der Waals surface area contributed by atoms with Crippen LogP contribution in [-0.2, 0) is 9.53 Å². The van der Waals surface area contributed by atoms with E-state index in [9.17, 15) is 9.59 Å². The van der Waals surface area contributed by atoms with Crippen LogP contribution in [0.5, 0.6) is 0 Å². The Morgan fingerprint density at radius 2 is 2.30 bits per heavy atom. The summed E-state index contributed by atoms with van der Waals surface area (Å²) < 4.78 is 5.01. The molecule has 0 bridgehead atoms. The number of carbonyl (C=O) groups excluding carboxylic acids is 2. The summed E-state index contributed by atoms with van der Waals surface area (Å²) >= 11 is 1.39. The summed E-state index contributed by atoms with van der Waals surface area (Å²) in [5.41, 5.74) is -0.117. The Morgan fingerprint density at radius 3 is 2.90 bits per heavy atom. The van der Waals surface area contributed by atoms with Gasteiger partial charge >= 0.3 is 5.97 Å². The third kappa shape index (κ3) is 3.02. The number of ether oxygens (including phenoxy) is 1. The topological polar surface area (TPSA) is 67.4 Å². The number of nitrogens with one attached hydrogen (secondary N) is 2. The lowest BCUT2D eigenvalue weighted by molar-refractivity contribution is -0.121. The summed E-state index contributed by atoms with van der Waals surface area (Å²) in [6.07, 6.45) is 1.79. The third-order valence-corrected chi connectivity index (χ3v) is 4.41. The predicted molar refractivity (Wildman–Crippen MR) is 79.3 cm³/mol. The first-order valence-corrected chi connectivity index (χ1v) is 7.62. The molecule has 2 N–H and O–H groups in total. The second-order valence-electron chi connectivity index (χ2n) is 5.14. The van der Waals surface area contributed by atoms with Crippen molar-refractivity contribution in [3.05, 3.63) is 16.5 Å². The van der Waals surface area contributed by atoms with Crippen molar-refractivity contribution in [1.82, 2.24) is 5.32 Å². The van der Waals surface area contributed by atoms with Gasteiger partial charge in [-0.2, -0.15) is 0 Å². The van der Waals surface area contributed by atoms with Crippen LogP contribution in [0.1, 0.15) is 41.9 Å². The molecule has 110 valence electrons. The molecule has 1 aromatic rings. The zero-order valence-corrected chi connectivity index (χ0v) is 12.9. The van der Waals surface area contributed by atoms with Gasteiger partial charge in [-0.05, 0) is 46.2 Å². The van der Waals surface area contributed by atoms with Gasteiger partial charge in [0, 0.05) is 4.88 Å². The SMILES string of the molecule is CCOC(=O)c1cc(C)sc1NC(=O)C1(C)CCCN1. The highest BCUT2D eigenvalue weighted by Gasteiger charge is 2.36. The number of amides is 1. The van der Waals surface area contributed by atoms with Gasteiger partial charge in [0.15, 0.2) is 0 Å². The van der Waals surface area contributed by atoms with Crippen molar-refractivity contribution >= 4 is 28.2 Å². The van der Waals surface area contributed by atoms with Crippen molar-refractivity contribution in [2.24, 2.45) is 0 Å². The number of rotatable bonds is 4. The van der Waals surface area contributed by atoms with Crippen LogP contribution in [0.15, 0.2) is 6.07 Å². The molecule has 0 aromatic carbocycles. The van der Waals surface area contributed by atoms with Crippen molar-refractivity contribution in [2.45, 2.75) is 39.2 Å². The Bertz CT molecular complexity index is 518. The van der Waals surface area contributed by atoms with Gasteiger partial charge in [-0.25, -0.2) is 4.79 Å². The quantitative estimate of drug-likeness (QED) is 0.837. The van der Waals surface area contributed by atoms with Gasteiger partial charge < -0.3 is 15.4 Å². The molecule has 1 saturated heterocycles. The molecule has 2 heterocycles. The summed E-state index contributed by atoms with van der Waals surface area (Å²) in [5, 5.41) is 6.65. The largest absolute Gasteiger partial charge is 0.462 e. The Morgan fingerprint density at radius 1 is 1.55 bits per heavy atom. The number of thiophene rings is 1. The fraction of sp³-hybridized carbons (Fsp3) is 0.571. The molecule has 0 spiro atoms. The fourth-order valence-corrected chi connectivity index (χ4v) is 3.19. The van der Waals surface area contributed by atoms with E-state index in [1.54, 1.807) is 13.0 Å². The van der Waals surface area contributed by atoms with Gasteiger partial charge in [-0.3, -0.25) is 4.79 Å². The Balaban J connectivity index is 2.16. The first kappa shape index (κ1) is 15.0. The predicted octanol–water partition coefficient (Wildman–Crippen LogP) is 2.31. The number of aryl methyl sites for hydroxylation is 1. The first-order valence-electron chi connectivity index (χ1n) is 6.80. The zero-order valence-electron chi connectivity index (χ0n) is 12.0. The minimum absolute atomic E-state index is 0.0950. The van der Waals surface area contributed by atoms with Gasteiger partial charge in [0.2, 0.25) is 5.91 Å². The van der Waals surface area contributed by atoms with Crippen molar-refractivity contribution in [2.75, 3.05) is 18.5 Å². The average Bonchev–Trinajstić information content (AvgIpc) is 2.97. The Hall–Kier alpha value is -1.40.